The minimum Gasteiger partial charge on any atom is -0.332 e. The summed E-state index contributed by atoms with van der Waals surface area (Å²) in [5.41, 5.74) is 1.34. The summed E-state index contributed by atoms with van der Waals surface area (Å²) in [5, 5.41) is 8.09. The van der Waals surface area contributed by atoms with Crippen LogP contribution in [0.2, 0.25) is 5.02 Å². The van der Waals surface area contributed by atoms with E-state index in [1.54, 1.807) is 41.8 Å². The fourth-order valence-corrected chi connectivity index (χ4v) is 4.43. The number of amides is 1. The molecule has 3 N–H and O–H groups in total. The third-order valence-electron chi connectivity index (χ3n) is 3.61. The Morgan fingerprint density at radius 2 is 1.79 bits per heavy atom. The Bertz CT molecular complexity index is 1100. The normalized spacial score (nSPS) is 10.9. The highest BCUT2D eigenvalue weighted by Crippen LogP contribution is 2.19. The molecule has 1 aromatic heterocycles. The van der Waals surface area contributed by atoms with Crippen LogP contribution in [0.15, 0.2) is 65.0 Å². The van der Waals surface area contributed by atoms with Gasteiger partial charge in [-0.05, 0) is 54.2 Å². The SMILES string of the molecule is O=C(Cc1ccc(Cl)cc1)NC(=S)Nc1ccc(S(=O)(=O)Nc2nccs2)cc1. The van der Waals surface area contributed by atoms with Crippen molar-refractivity contribution in [2.45, 2.75) is 11.3 Å². The van der Waals surface area contributed by atoms with Crippen LogP contribution in [0.25, 0.3) is 0 Å². The monoisotopic (exact) mass is 466 g/mol. The van der Waals surface area contributed by atoms with Gasteiger partial charge in [0.15, 0.2) is 10.2 Å². The minimum absolute atomic E-state index is 0.0796. The van der Waals surface area contributed by atoms with E-state index in [1.165, 1.54) is 29.7 Å². The molecule has 0 unspecified atom stereocenters. The Morgan fingerprint density at radius 1 is 1.10 bits per heavy atom. The van der Waals surface area contributed by atoms with E-state index in [-0.39, 0.29) is 27.5 Å². The molecule has 0 radical (unpaired) electrons. The minimum atomic E-state index is -3.73. The number of nitrogens with one attached hydrogen (secondary N) is 3. The number of carbonyl (C=O) groups is 1. The summed E-state index contributed by atoms with van der Waals surface area (Å²) >= 11 is 12.1. The standard InChI is InChI=1S/C18H15ClN4O3S3/c19-13-3-1-12(2-4-13)11-16(24)22-17(27)21-14-5-7-15(8-6-14)29(25,26)23-18-20-9-10-28-18/h1-10H,11H2,(H,20,23)(H2,21,22,24,27). The number of rotatable bonds is 6. The van der Waals surface area contributed by atoms with E-state index in [1.807, 2.05) is 0 Å². The number of hydrogen-bond acceptors (Lipinski definition) is 6. The molecule has 0 fully saturated rings. The molecule has 150 valence electrons. The van der Waals surface area contributed by atoms with Gasteiger partial charge in [0.2, 0.25) is 5.91 Å². The van der Waals surface area contributed by atoms with Crippen molar-refractivity contribution >= 4 is 67.0 Å². The maximum absolute atomic E-state index is 12.3. The van der Waals surface area contributed by atoms with Crippen LogP contribution in [0.3, 0.4) is 0 Å². The Balaban J connectivity index is 1.55. The molecule has 0 aliphatic rings. The van der Waals surface area contributed by atoms with E-state index < -0.39 is 10.0 Å². The third kappa shape index (κ3) is 6.23. The molecule has 29 heavy (non-hydrogen) atoms. The molecule has 1 amide bonds. The Morgan fingerprint density at radius 3 is 2.41 bits per heavy atom. The van der Waals surface area contributed by atoms with Crippen molar-refractivity contribution in [1.82, 2.24) is 10.3 Å². The van der Waals surface area contributed by atoms with Crippen LogP contribution in [0, 0.1) is 0 Å². The van der Waals surface area contributed by atoms with E-state index in [0.717, 1.165) is 5.56 Å². The summed E-state index contributed by atoms with van der Waals surface area (Å²) in [7, 11) is -3.73. The Kier molecular flexibility index (Phi) is 6.80. The number of anilines is 2. The largest absolute Gasteiger partial charge is 0.332 e. The van der Waals surface area contributed by atoms with Gasteiger partial charge in [0.05, 0.1) is 11.3 Å². The van der Waals surface area contributed by atoms with E-state index in [0.29, 0.717) is 10.7 Å². The molecule has 1 heterocycles. The topological polar surface area (TPSA) is 100 Å². The van der Waals surface area contributed by atoms with Gasteiger partial charge in [-0.3, -0.25) is 9.52 Å². The number of halogens is 1. The van der Waals surface area contributed by atoms with E-state index in [9.17, 15) is 13.2 Å². The quantitative estimate of drug-likeness (QED) is 0.479. The molecular formula is C18H15ClN4O3S3. The molecule has 0 aliphatic carbocycles. The van der Waals surface area contributed by atoms with Crippen LogP contribution in [-0.2, 0) is 21.2 Å². The Labute approximate surface area is 182 Å². The van der Waals surface area contributed by atoms with Crippen LogP contribution in [0.5, 0.6) is 0 Å². The van der Waals surface area contributed by atoms with Crippen LogP contribution in [0.1, 0.15) is 5.56 Å². The van der Waals surface area contributed by atoms with Gasteiger partial charge in [0.1, 0.15) is 0 Å². The molecule has 0 saturated heterocycles. The van der Waals surface area contributed by atoms with Crippen LogP contribution >= 0.6 is 35.2 Å². The van der Waals surface area contributed by atoms with Crippen molar-refractivity contribution < 1.29 is 13.2 Å². The predicted octanol–water partition coefficient (Wildman–Crippen LogP) is 3.65. The van der Waals surface area contributed by atoms with Gasteiger partial charge >= 0.3 is 0 Å². The lowest BCUT2D eigenvalue weighted by Crippen LogP contribution is -2.35. The fourth-order valence-electron chi connectivity index (χ4n) is 2.29. The molecule has 0 spiro atoms. The number of hydrogen-bond donors (Lipinski definition) is 3. The lowest BCUT2D eigenvalue weighted by Gasteiger charge is -2.11. The maximum Gasteiger partial charge on any atom is 0.263 e. The van der Waals surface area contributed by atoms with E-state index >= 15 is 0 Å². The van der Waals surface area contributed by atoms with Crippen LogP contribution in [0.4, 0.5) is 10.8 Å². The molecule has 2 aromatic carbocycles. The zero-order valence-electron chi connectivity index (χ0n) is 14.8. The van der Waals surface area contributed by atoms with Crippen LogP contribution < -0.4 is 15.4 Å². The summed E-state index contributed by atoms with van der Waals surface area (Å²) in [6, 6.07) is 12.9. The molecule has 11 heteroatoms. The lowest BCUT2D eigenvalue weighted by atomic mass is 10.1. The molecular weight excluding hydrogens is 452 g/mol. The predicted molar refractivity (Wildman–Crippen MR) is 119 cm³/mol. The van der Waals surface area contributed by atoms with Crippen LogP contribution in [-0.4, -0.2) is 24.4 Å². The van der Waals surface area contributed by atoms with Crippen molar-refractivity contribution in [1.29, 1.82) is 0 Å². The zero-order valence-corrected chi connectivity index (χ0v) is 18.0. The van der Waals surface area contributed by atoms with Gasteiger partial charge in [0.25, 0.3) is 10.0 Å². The second kappa shape index (κ2) is 9.31. The van der Waals surface area contributed by atoms with Gasteiger partial charge in [-0.2, -0.15) is 0 Å². The maximum atomic E-state index is 12.3. The highest BCUT2D eigenvalue weighted by molar-refractivity contribution is 7.93. The average molecular weight is 467 g/mol. The molecule has 3 rings (SSSR count). The van der Waals surface area contributed by atoms with Gasteiger partial charge < -0.3 is 10.6 Å². The number of aromatic nitrogens is 1. The first-order valence-corrected chi connectivity index (χ1v) is 11.3. The second-order valence-electron chi connectivity index (χ2n) is 5.77. The molecule has 0 bridgehead atoms. The molecule has 3 aromatic rings. The van der Waals surface area contributed by atoms with Gasteiger partial charge in [-0.15, -0.1) is 11.3 Å². The highest BCUT2D eigenvalue weighted by atomic mass is 35.5. The Hall–Kier alpha value is -2.53. The van der Waals surface area contributed by atoms with E-state index in [2.05, 4.69) is 20.3 Å². The number of nitrogens with zero attached hydrogens (tertiary/aromatic N) is 1. The summed E-state index contributed by atoms with van der Waals surface area (Å²) in [6.07, 6.45) is 1.66. The number of thiocarbonyl (C=S) groups is 1. The molecule has 0 atom stereocenters. The van der Waals surface area contributed by atoms with Crippen molar-refractivity contribution in [2.75, 3.05) is 10.0 Å². The van der Waals surface area contributed by atoms with Crippen molar-refractivity contribution in [3.05, 3.63) is 70.7 Å². The van der Waals surface area contributed by atoms with Crippen molar-refractivity contribution in [2.24, 2.45) is 0 Å². The second-order valence-corrected chi connectivity index (χ2v) is 9.19. The third-order valence-corrected chi connectivity index (χ3v) is 6.24. The summed E-state index contributed by atoms with van der Waals surface area (Å²) < 4.78 is 27.0. The van der Waals surface area contributed by atoms with Gasteiger partial charge in [0, 0.05) is 22.3 Å². The number of thiazole rings is 1. The first-order chi connectivity index (χ1) is 13.8. The molecule has 7 nitrogen and oxygen atoms in total. The average Bonchev–Trinajstić information content (AvgIpc) is 3.16. The first kappa shape index (κ1) is 21.2. The van der Waals surface area contributed by atoms with Gasteiger partial charge in [-0.1, -0.05) is 23.7 Å². The number of benzene rings is 2. The van der Waals surface area contributed by atoms with E-state index in [4.69, 9.17) is 23.8 Å². The zero-order chi connectivity index (χ0) is 20.9. The summed E-state index contributed by atoms with van der Waals surface area (Å²) in [4.78, 5) is 16.0. The molecule has 0 aliphatic heterocycles. The fraction of sp³-hybridized carbons (Fsp3) is 0.0556. The first-order valence-electron chi connectivity index (χ1n) is 8.19. The molecule has 0 saturated carbocycles. The van der Waals surface area contributed by atoms with Crippen molar-refractivity contribution in [3.8, 4) is 0 Å². The highest BCUT2D eigenvalue weighted by Gasteiger charge is 2.15. The lowest BCUT2D eigenvalue weighted by molar-refractivity contribution is -0.119. The van der Waals surface area contributed by atoms with Gasteiger partial charge in [-0.25, -0.2) is 13.4 Å². The van der Waals surface area contributed by atoms with Crippen molar-refractivity contribution in [3.63, 3.8) is 0 Å². The smallest absolute Gasteiger partial charge is 0.263 e. The summed E-state index contributed by atoms with van der Waals surface area (Å²) in [6.45, 7) is 0. The summed E-state index contributed by atoms with van der Waals surface area (Å²) in [5.74, 6) is -0.281. The number of sulfonamides is 1. The number of carbonyl (C=O) groups excluding carboxylic acids is 1.